The predicted octanol–water partition coefficient (Wildman–Crippen LogP) is 3.05. The molecule has 0 radical (unpaired) electrons. The third kappa shape index (κ3) is 3.50. The van der Waals surface area contributed by atoms with Gasteiger partial charge in [-0.2, -0.15) is 0 Å². The minimum atomic E-state index is -0.548. The molecule has 0 aliphatic carbocycles. The fourth-order valence-corrected chi connectivity index (χ4v) is 2.79. The van der Waals surface area contributed by atoms with E-state index in [4.69, 9.17) is 9.47 Å². The number of nitrogens with one attached hydrogen (secondary N) is 1. The molecule has 2 rings (SSSR count). The van der Waals surface area contributed by atoms with Crippen molar-refractivity contribution in [3.05, 3.63) is 58.4 Å². The molecule has 128 valence electrons. The molecule has 0 saturated heterocycles. The second-order valence-electron chi connectivity index (χ2n) is 5.51. The number of carbonyl (C=O) groups excluding carboxylic acids is 2. The van der Waals surface area contributed by atoms with Crippen molar-refractivity contribution in [1.82, 2.24) is 5.32 Å². The first kappa shape index (κ1) is 17.8. The maximum Gasteiger partial charge on any atom is 0.355 e. The topological polar surface area (TPSA) is 64.6 Å². The molecule has 1 aromatic carbocycles. The molecule has 0 amide bonds. The molecule has 0 aromatic heterocycles. The van der Waals surface area contributed by atoms with Crippen LogP contribution in [-0.4, -0.2) is 25.2 Å². The van der Waals surface area contributed by atoms with Crippen molar-refractivity contribution < 1.29 is 19.1 Å². The van der Waals surface area contributed by atoms with E-state index in [2.05, 4.69) is 5.32 Å². The van der Waals surface area contributed by atoms with Crippen molar-refractivity contribution in [2.24, 2.45) is 0 Å². The summed E-state index contributed by atoms with van der Waals surface area (Å²) in [5, 5.41) is 3.02. The molecule has 0 bridgehead atoms. The van der Waals surface area contributed by atoms with Crippen LogP contribution in [0.15, 0.2) is 52.9 Å². The molecule has 0 unspecified atom stereocenters. The molecule has 0 spiro atoms. The quantitative estimate of drug-likeness (QED) is 0.841. The molecule has 0 fully saturated rings. The number of carbonyl (C=O) groups is 2. The van der Waals surface area contributed by atoms with Crippen LogP contribution in [0.2, 0.25) is 0 Å². The van der Waals surface area contributed by atoms with Crippen molar-refractivity contribution in [2.75, 3.05) is 13.2 Å². The van der Waals surface area contributed by atoms with Crippen LogP contribution >= 0.6 is 0 Å². The van der Waals surface area contributed by atoms with Crippen LogP contribution in [0.1, 0.15) is 39.2 Å². The first-order chi connectivity index (χ1) is 11.5. The van der Waals surface area contributed by atoms with E-state index in [0.29, 0.717) is 5.57 Å². The molecule has 1 heterocycles. The van der Waals surface area contributed by atoms with Gasteiger partial charge in [0.1, 0.15) is 5.70 Å². The van der Waals surface area contributed by atoms with Gasteiger partial charge in [0.05, 0.1) is 18.8 Å². The lowest BCUT2D eigenvalue weighted by molar-refractivity contribution is -0.142. The number of hydrogen-bond acceptors (Lipinski definition) is 5. The average molecular weight is 329 g/mol. The van der Waals surface area contributed by atoms with Crippen molar-refractivity contribution in [2.45, 2.75) is 33.6 Å². The molecular weight excluding hydrogens is 306 g/mol. The summed E-state index contributed by atoms with van der Waals surface area (Å²) in [6.07, 6.45) is 0. The second-order valence-corrected chi connectivity index (χ2v) is 5.51. The Morgan fingerprint density at radius 2 is 1.58 bits per heavy atom. The van der Waals surface area contributed by atoms with E-state index >= 15 is 0 Å². The summed E-state index contributed by atoms with van der Waals surface area (Å²) in [5.41, 5.74) is 3.19. The second kappa shape index (κ2) is 7.81. The van der Waals surface area contributed by atoms with E-state index < -0.39 is 11.9 Å². The van der Waals surface area contributed by atoms with Gasteiger partial charge in [0, 0.05) is 11.6 Å². The third-order valence-corrected chi connectivity index (χ3v) is 4.00. The highest BCUT2D eigenvalue weighted by atomic mass is 16.5. The lowest BCUT2D eigenvalue weighted by Crippen LogP contribution is -2.33. The van der Waals surface area contributed by atoms with E-state index in [9.17, 15) is 9.59 Å². The summed E-state index contributed by atoms with van der Waals surface area (Å²) in [6.45, 7) is 7.77. The Morgan fingerprint density at radius 1 is 1.00 bits per heavy atom. The number of rotatable bonds is 5. The van der Waals surface area contributed by atoms with E-state index in [-0.39, 0.29) is 24.8 Å². The fourth-order valence-electron chi connectivity index (χ4n) is 2.79. The highest BCUT2D eigenvalue weighted by Gasteiger charge is 2.36. The summed E-state index contributed by atoms with van der Waals surface area (Å²) >= 11 is 0. The van der Waals surface area contributed by atoms with Crippen LogP contribution < -0.4 is 5.32 Å². The average Bonchev–Trinajstić information content (AvgIpc) is 2.57. The Bertz CT molecular complexity index is 689. The van der Waals surface area contributed by atoms with Gasteiger partial charge in [-0.05, 0) is 38.8 Å². The van der Waals surface area contributed by atoms with E-state index in [1.807, 2.05) is 44.2 Å². The molecule has 1 aliphatic rings. The number of esters is 2. The van der Waals surface area contributed by atoms with Gasteiger partial charge in [0.2, 0.25) is 0 Å². The maximum absolute atomic E-state index is 12.6. The Balaban J connectivity index is 2.62. The molecular formula is C19H23NO4. The minimum Gasteiger partial charge on any atom is -0.463 e. The van der Waals surface area contributed by atoms with Gasteiger partial charge in [0.25, 0.3) is 0 Å². The molecule has 5 nitrogen and oxygen atoms in total. The largest absolute Gasteiger partial charge is 0.463 e. The number of ether oxygens (including phenoxy) is 2. The Labute approximate surface area is 142 Å². The zero-order valence-electron chi connectivity index (χ0n) is 14.5. The number of benzene rings is 1. The number of hydrogen-bond donors (Lipinski definition) is 1. The van der Waals surface area contributed by atoms with Gasteiger partial charge in [0.15, 0.2) is 0 Å². The lowest BCUT2D eigenvalue weighted by Gasteiger charge is -2.30. The van der Waals surface area contributed by atoms with Gasteiger partial charge in [-0.15, -0.1) is 0 Å². The summed E-state index contributed by atoms with van der Waals surface area (Å²) in [7, 11) is 0. The minimum absolute atomic E-state index is 0.159. The Kier molecular flexibility index (Phi) is 5.79. The first-order valence-corrected chi connectivity index (χ1v) is 8.08. The van der Waals surface area contributed by atoms with Crippen molar-refractivity contribution in [1.29, 1.82) is 0 Å². The Hall–Kier alpha value is -2.56. The monoisotopic (exact) mass is 329 g/mol. The van der Waals surface area contributed by atoms with E-state index in [0.717, 1.165) is 16.8 Å². The first-order valence-electron chi connectivity index (χ1n) is 8.08. The summed E-state index contributed by atoms with van der Waals surface area (Å²) in [5.74, 6) is -1.40. The molecule has 0 saturated carbocycles. The molecule has 24 heavy (non-hydrogen) atoms. The van der Waals surface area contributed by atoms with Crippen molar-refractivity contribution in [3.63, 3.8) is 0 Å². The van der Waals surface area contributed by atoms with Crippen molar-refractivity contribution in [3.8, 4) is 0 Å². The molecule has 1 aromatic rings. The number of dihydropyridines is 1. The predicted molar refractivity (Wildman–Crippen MR) is 91.0 cm³/mol. The number of allylic oxidation sites excluding steroid dienone is 2. The molecule has 5 heteroatoms. The van der Waals surface area contributed by atoms with E-state index in [1.54, 1.807) is 13.8 Å². The van der Waals surface area contributed by atoms with Crippen LogP contribution in [0.3, 0.4) is 0 Å². The van der Waals surface area contributed by atoms with Crippen LogP contribution in [0.5, 0.6) is 0 Å². The molecule has 1 N–H and O–H groups in total. The molecule has 1 atom stereocenters. The third-order valence-electron chi connectivity index (χ3n) is 4.00. The molecule has 1 aliphatic heterocycles. The SMILES string of the molecule is CCOC(=O)C1=C(C(=O)OCC)[C@@H](c2ccccc2)C(C)=C(C)N1. The van der Waals surface area contributed by atoms with Crippen LogP contribution in [0.25, 0.3) is 0 Å². The summed E-state index contributed by atoms with van der Waals surface area (Å²) in [4.78, 5) is 25.0. The zero-order valence-corrected chi connectivity index (χ0v) is 14.5. The Morgan fingerprint density at radius 3 is 2.17 bits per heavy atom. The van der Waals surface area contributed by atoms with Gasteiger partial charge in [-0.3, -0.25) is 0 Å². The summed E-state index contributed by atoms with van der Waals surface area (Å²) < 4.78 is 10.3. The smallest absolute Gasteiger partial charge is 0.355 e. The van der Waals surface area contributed by atoms with Crippen LogP contribution in [-0.2, 0) is 19.1 Å². The van der Waals surface area contributed by atoms with Gasteiger partial charge in [-0.1, -0.05) is 30.3 Å². The van der Waals surface area contributed by atoms with Gasteiger partial charge < -0.3 is 14.8 Å². The van der Waals surface area contributed by atoms with Gasteiger partial charge in [-0.25, -0.2) is 9.59 Å². The van der Waals surface area contributed by atoms with Crippen molar-refractivity contribution >= 4 is 11.9 Å². The van der Waals surface area contributed by atoms with E-state index in [1.165, 1.54) is 0 Å². The fraction of sp³-hybridized carbons (Fsp3) is 0.368. The highest BCUT2D eigenvalue weighted by molar-refractivity contribution is 6.02. The normalized spacial score (nSPS) is 17.4. The standard InChI is InChI=1S/C19H23NO4/c1-5-23-18(21)16-15(14-10-8-7-9-11-14)12(3)13(4)20-17(16)19(22)24-6-2/h7-11,15,20H,5-6H2,1-4H3/t15-/m1/s1. The highest BCUT2D eigenvalue weighted by Crippen LogP contribution is 2.38. The summed E-state index contributed by atoms with van der Waals surface area (Å²) in [6, 6.07) is 9.61. The van der Waals surface area contributed by atoms with Gasteiger partial charge >= 0.3 is 11.9 Å². The zero-order chi connectivity index (χ0) is 17.7. The van der Waals surface area contributed by atoms with Crippen LogP contribution in [0.4, 0.5) is 0 Å². The maximum atomic E-state index is 12.6. The van der Waals surface area contributed by atoms with Crippen LogP contribution in [0, 0.1) is 0 Å². The lowest BCUT2D eigenvalue weighted by atomic mass is 9.81.